The highest BCUT2D eigenvalue weighted by Crippen LogP contribution is 2.27. The first-order chi connectivity index (χ1) is 8.49. The first-order valence-electron chi connectivity index (χ1n) is 6.24. The van der Waals surface area contributed by atoms with Crippen molar-refractivity contribution in [3.05, 3.63) is 28.2 Å². The van der Waals surface area contributed by atoms with E-state index in [0.717, 1.165) is 42.1 Å². The molecule has 0 bridgehead atoms. The van der Waals surface area contributed by atoms with Gasteiger partial charge in [0, 0.05) is 10.2 Å². The molecule has 0 radical (unpaired) electrons. The Morgan fingerprint density at radius 1 is 1.22 bits per heavy atom. The number of anilines is 1. The highest BCUT2D eigenvalue weighted by Gasteiger charge is 2.27. The number of benzene rings is 1. The third-order valence-corrected chi connectivity index (χ3v) is 6.43. The molecule has 0 atom stereocenters. The van der Waals surface area contributed by atoms with Crippen LogP contribution in [0, 0.1) is 0 Å². The number of nitrogens with two attached hydrogens (primary N) is 1. The predicted octanol–water partition coefficient (Wildman–Crippen LogP) is 3.28. The molecule has 0 unspecified atom stereocenters. The van der Waals surface area contributed by atoms with E-state index in [0.29, 0.717) is 5.69 Å². The minimum absolute atomic E-state index is 0.106. The third-order valence-electron chi connectivity index (χ3n) is 3.49. The second-order valence-corrected chi connectivity index (χ2v) is 8.06. The minimum atomic E-state index is -3.04. The molecular formula is C13H18BrNO2S. The van der Waals surface area contributed by atoms with Crippen LogP contribution in [0.3, 0.4) is 0 Å². The maximum atomic E-state index is 12.3. The van der Waals surface area contributed by atoms with Gasteiger partial charge in [0.2, 0.25) is 0 Å². The van der Waals surface area contributed by atoms with Crippen LogP contribution in [0.5, 0.6) is 0 Å². The Balaban J connectivity index is 2.13. The zero-order chi connectivity index (χ0) is 13.2. The van der Waals surface area contributed by atoms with Crippen LogP contribution >= 0.6 is 15.9 Å². The van der Waals surface area contributed by atoms with Crippen LogP contribution in [0.2, 0.25) is 0 Å². The molecule has 18 heavy (non-hydrogen) atoms. The summed E-state index contributed by atoms with van der Waals surface area (Å²) in [6, 6.07) is 5.37. The molecule has 0 aliphatic heterocycles. The van der Waals surface area contributed by atoms with Gasteiger partial charge in [-0.25, -0.2) is 8.42 Å². The molecule has 0 saturated heterocycles. The Morgan fingerprint density at radius 2 is 1.89 bits per heavy atom. The Hall–Kier alpha value is -0.550. The second-order valence-electron chi connectivity index (χ2n) is 4.92. The lowest BCUT2D eigenvalue weighted by Crippen LogP contribution is -2.25. The summed E-state index contributed by atoms with van der Waals surface area (Å²) in [6.07, 6.45) is 4.86. The van der Waals surface area contributed by atoms with Gasteiger partial charge in [0.05, 0.1) is 11.0 Å². The van der Waals surface area contributed by atoms with E-state index in [9.17, 15) is 8.42 Å². The largest absolute Gasteiger partial charge is 0.398 e. The number of hydrogen-bond acceptors (Lipinski definition) is 3. The van der Waals surface area contributed by atoms with Crippen LogP contribution in [-0.2, 0) is 15.6 Å². The molecule has 2 N–H and O–H groups in total. The molecule has 1 aliphatic carbocycles. The lowest BCUT2D eigenvalue weighted by Gasteiger charge is -2.21. The van der Waals surface area contributed by atoms with E-state index in [2.05, 4.69) is 15.9 Å². The van der Waals surface area contributed by atoms with Gasteiger partial charge in [-0.3, -0.25) is 0 Å². The van der Waals surface area contributed by atoms with Crippen LogP contribution in [0.25, 0.3) is 0 Å². The molecule has 0 heterocycles. The summed E-state index contributed by atoms with van der Waals surface area (Å²) in [6.45, 7) is 0. The van der Waals surface area contributed by atoms with Crippen molar-refractivity contribution in [2.45, 2.75) is 43.1 Å². The lowest BCUT2D eigenvalue weighted by molar-refractivity contribution is 0.483. The quantitative estimate of drug-likeness (QED) is 0.864. The summed E-state index contributed by atoms with van der Waals surface area (Å²) in [5, 5.41) is -0.156. The highest BCUT2D eigenvalue weighted by atomic mass is 79.9. The van der Waals surface area contributed by atoms with Crippen LogP contribution in [-0.4, -0.2) is 13.7 Å². The number of halogens is 1. The average molecular weight is 332 g/mol. The smallest absolute Gasteiger partial charge is 0.157 e. The van der Waals surface area contributed by atoms with Crippen molar-refractivity contribution in [3.63, 3.8) is 0 Å². The summed E-state index contributed by atoms with van der Waals surface area (Å²) in [5.41, 5.74) is 7.14. The van der Waals surface area contributed by atoms with Crippen molar-refractivity contribution in [2.24, 2.45) is 0 Å². The van der Waals surface area contributed by atoms with Crippen LogP contribution < -0.4 is 5.73 Å². The summed E-state index contributed by atoms with van der Waals surface area (Å²) in [5.74, 6) is 0.106. The van der Waals surface area contributed by atoms with Gasteiger partial charge in [-0.15, -0.1) is 0 Å². The van der Waals surface area contributed by atoms with E-state index in [-0.39, 0.29) is 11.0 Å². The van der Waals surface area contributed by atoms with Gasteiger partial charge in [-0.05, 0) is 46.5 Å². The topological polar surface area (TPSA) is 60.2 Å². The molecule has 5 heteroatoms. The second kappa shape index (κ2) is 5.61. The van der Waals surface area contributed by atoms with Gasteiger partial charge in [-0.2, -0.15) is 0 Å². The zero-order valence-electron chi connectivity index (χ0n) is 10.2. The molecule has 1 aliphatic rings. The summed E-state index contributed by atoms with van der Waals surface area (Å²) in [7, 11) is -3.04. The normalized spacial score (nSPS) is 17.8. The first-order valence-corrected chi connectivity index (χ1v) is 8.75. The van der Waals surface area contributed by atoms with Gasteiger partial charge in [0.15, 0.2) is 9.84 Å². The van der Waals surface area contributed by atoms with Crippen molar-refractivity contribution in [1.82, 2.24) is 0 Å². The molecule has 100 valence electrons. The number of rotatable bonds is 3. The molecule has 2 rings (SSSR count). The monoisotopic (exact) mass is 331 g/mol. The van der Waals surface area contributed by atoms with Gasteiger partial charge in [0.25, 0.3) is 0 Å². The van der Waals surface area contributed by atoms with Crippen molar-refractivity contribution >= 4 is 31.5 Å². The van der Waals surface area contributed by atoms with Crippen molar-refractivity contribution in [2.75, 3.05) is 5.73 Å². The molecule has 3 nitrogen and oxygen atoms in total. The Labute approximate surface area is 117 Å². The van der Waals surface area contributed by atoms with Gasteiger partial charge >= 0.3 is 0 Å². The number of nitrogen functional groups attached to an aromatic ring is 1. The molecule has 1 fully saturated rings. The van der Waals surface area contributed by atoms with Crippen molar-refractivity contribution < 1.29 is 8.42 Å². The Morgan fingerprint density at radius 3 is 2.50 bits per heavy atom. The highest BCUT2D eigenvalue weighted by molar-refractivity contribution is 9.10. The minimum Gasteiger partial charge on any atom is -0.398 e. The fourth-order valence-electron chi connectivity index (χ4n) is 2.46. The average Bonchev–Trinajstić information content (AvgIpc) is 2.35. The predicted molar refractivity (Wildman–Crippen MR) is 78.1 cm³/mol. The maximum Gasteiger partial charge on any atom is 0.157 e. The van der Waals surface area contributed by atoms with Gasteiger partial charge in [-0.1, -0.05) is 25.3 Å². The van der Waals surface area contributed by atoms with Gasteiger partial charge in [0.1, 0.15) is 0 Å². The number of sulfone groups is 1. The van der Waals surface area contributed by atoms with Crippen molar-refractivity contribution in [1.29, 1.82) is 0 Å². The van der Waals surface area contributed by atoms with E-state index in [1.165, 1.54) is 0 Å². The molecule has 1 aromatic rings. The molecule has 1 saturated carbocycles. The standard InChI is InChI=1S/C13H18BrNO2S/c14-12-7-6-10(8-13(12)15)9-18(16,17)11-4-2-1-3-5-11/h6-8,11H,1-5,9,15H2. The fourth-order valence-corrected chi connectivity index (χ4v) is 4.64. The van der Waals surface area contributed by atoms with Crippen LogP contribution in [0.4, 0.5) is 5.69 Å². The first kappa shape index (κ1) is 13.9. The molecule has 0 spiro atoms. The Bertz CT molecular complexity index is 522. The van der Waals surface area contributed by atoms with Crippen LogP contribution in [0.1, 0.15) is 37.7 Å². The molecule has 1 aromatic carbocycles. The maximum absolute atomic E-state index is 12.3. The lowest BCUT2D eigenvalue weighted by atomic mass is 10.0. The van der Waals surface area contributed by atoms with E-state index in [4.69, 9.17) is 5.73 Å². The summed E-state index contributed by atoms with van der Waals surface area (Å²) >= 11 is 3.31. The molecule has 0 amide bonds. The van der Waals surface area contributed by atoms with E-state index >= 15 is 0 Å². The third kappa shape index (κ3) is 3.26. The van der Waals surface area contributed by atoms with Gasteiger partial charge < -0.3 is 5.73 Å². The van der Waals surface area contributed by atoms with E-state index in [1.54, 1.807) is 12.1 Å². The molecular weight excluding hydrogens is 314 g/mol. The zero-order valence-corrected chi connectivity index (χ0v) is 12.6. The number of hydrogen-bond donors (Lipinski definition) is 1. The van der Waals surface area contributed by atoms with E-state index in [1.807, 2.05) is 6.07 Å². The SMILES string of the molecule is Nc1cc(CS(=O)(=O)C2CCCCC2)ccc1Br. The summed E-state index contributed by atoms with van der Waals surface area (Å²) in [4.78, 5) is 0. The van der Waals surface area contributed by atoms with E-state index < -0.39 is 9.84 Å². The van der Waals surface area contributed by atoms with Crippen molar-refractivity contribution in [3.8, 4) is 0 Å². The summed E-state index contributed by atoms with van der Waals surface area (Å²) < 4.78 is 25.4. The fraction of sp³-hybridized carbons (Fsp3) is 0.538. The molecule has 0 aromatic heterocycles. The Kier molecular flexibility index (Phi) is 4.33. The van der Waals surface area contributed by atoms with Crippen LogP contribution in [0.15, 0.2) is 22.7 Å².